The van der Waals surface area contributed by atoms with Crippen LogP contribution in [0.5, 0.6) is 0 Å². The topological polar surface area (TPSA) is 37.3 Å². The maximum atomic E-state index is 10.9. The minimum atomic E-state index is 0.348. The van der Waals surface area contributed by atoms with Gasteiger partial charge >= 0.3 is 0 Å². The third-order valence-electron chi connectivity index (χ3n) is 3.58. The Morgan fingerprint density at radius 3 is 1.64 bits per heavy atom. The molecule has 0 aromatic heterocycles. The summed E-state index contributed by atoms with van der Waals surface area (Å²) in [6.45, 7) is 8.00. The van der Waals surface area contributed by atoms with E-state index in [1.165, 1.54) is 22.3 Å². The lowest BCUT2D eigenvalue weighted by Crippen LogP contribution is -1.92. The van der Waals surface area contributed by atoms with Crippen molar-refractivity contribution in [3.63, 3.8) is 0 Å². The summed E-state index contributed by atoms with van der Waals surface area (Å²) in [5, 5.41) is 7.00. The van der Waals surface area contributed by atoms with Gasteiger partial charge in [0.2, 0.25) is 0 Å². The highest BCUT2D eigenvalue weighted by molar-refractivity contribution is 5.87. The Labute approximate surface area is 153 Å². The monoisotopic (exact) mass is 340 g/mol. The number of ketones is 1. The second-order valence-corrected chi connectivity index (χ2v) is 4.97. The Bertz CT molecular complexity index is 615. The summed E-state index contributed by atoms with van der Waals surface area (Å²) in [7, 11) is 1.00. The van der Waals surface area contributed by atoms with E-state index in [0.29, 0.717) is 18.6 Å². The second-order valence-electron chi connectivity index (χ2n) is 4.97. The van der Waals surface area contributed by atoms with Crippen LogP contribution in [0.2, 0.25) is 0 Å². The zero-order valence-corrected chi connectivity index (χ0v) is 16.3. The third kappa shape index (κ3) is 7.49. The van der Waals surface area contributed by atoms with E-state index in [-0.39, 0.29) is 0 Å². The van der Waals surface area contributed by atoms with E-state index in [0.717, 1.165) is 13.5 Å². The first-order valence-electron chi connectivity index (χ1n) is 9.10. The van der Waals surface area contributed by atoms with Gasteiger partial charge in [-0.1, -0.05) is 88.4 Å². The first kappa shape index (κ1) is 22.8. The quantitative estimate of drug-likeness (QED) is 0.709. The standard InChI is InChI=1S/C9H8O.C9H8.2C2H6.CH4O/c10-9-5-7-3-1-2-4-8(7)6-9;1-2-5-9-7-3-6-8(9)4-1;3*1-2/h1-4H,5-6H2;1-6H,7H2;2*1-2H3;2H,1H3. The summed E-state index contributed by atoms with van der Waals surface area (Å²) in [6.07, 6.45) is 6.79. The average molecular weight is 341 g/mol. The van der Waals surface area contributed by atoms with Crippen LogP contribution < -0.4 is 0 Å². The summed E-state index contributed by atoms with van der Waals surface area (Å²) in [6, 6.07) is 16.5. The lowest BCUT2D eigenvalue weighted by molar-refractivity contribution is -0.117. The van der Waals surface area contributed by atoms with Crippen molar-refractivity contribution >= 4 is 11.9 Å². The van der Waals surface area contributed by atoms with E-state index in [2.05, 4.69) is 36.4 Å². The number of aliphatic hydroxyl groups excluding tert-OH is 1. The van der Waals surface area contributed by atoms with Crippen molar-refractivity contribution in [3.8, 4) is 0 Å². The number of Topliss-reactive ketones (excluding diaryl/α,β-unsaturated/α-hetero) is 1. The summed E-state index contributed by atoms with van der Waals surface area (Å²) in [5.74, 6) is 0.348. The van der Waals surface area contributed by atoms with Gasteiger partial charge in [-0.25, -0.2) is 0 Å². The summed E-state index contributed by atoms with van der Waals surface area (Å²) in [4.78, 5) is 10.9. The van der Waals surface area contributed by atoms with Gasteiger partial charge in [0.1, 0.15) is 5.78 Å². The van der Waals surface area contributed by atoms with Crippen molar-refractivity contribution in [1.29, 1.82) is 0 Å². The molecule has 136 valence electrons. The zero-order valence-electron chi connectivity index (χ0n) is 16.3. The van der Waals surface area contributed by atoms with E-state index in [1.54, 1.807) is 0 Å². The predicted molar refractivity (Wildman–Crippen MR) is 109 cm³/mol. The molecule has 0 spiro atoms. The number of benzene rings is 2. The molecule has 0 aliphatic heterocycles. The highest BCUT2D eigenvalue weighted by atomic mass is 16.2. The molecule has 0 atom stereocenters. The highest BCUT2D eigenvalue weighted by Crippen LogP contribution is 2.18. The lowest BCUT2D eigenvalue weighted by atomic mass is 10.1. The van der Waals surface area contributed by atoms with Gasteiger partial charge in [-0.15, -0.1) is 0 Å². The molecule has 2 nitrogen and oxygen atoms in total. The summed E-state index contributed by atoms with van der Waals surface area (Å²) in [5.41, 5.74) is 5.27. The van der Waals surface area contributed by atoms with Crippen LogP contribution in [0.25, 0.3) is 6.08 Å². The van der Waals surface area contributed by atoms with Gasteiger partial charge in [-0.2, -0.15) is 0 Å². The number of fused-ring (bicyclic) bond motifs is 2. The Hall–Kier alpha value is -2.19. The maximum Gasteiger partial charge on any atom is 0.141 e. The van der Waals surface area contributed by atoms with Gasteiger partial charge in [-0.05, 0) is 28.7 Å². The van der Waals surface area contributed by atoms with E-state index in [1.807, 2.05) is 52.0 Å². The van der Waals surface area contributed by atoms with E-state index < -0.39 is 0 Å². The second kappa shape index (κ2) is 14.2. The van der Waals surface area contributed by atoms with E-state index >= 15 is 0 Å². The van der Waals surface area contributed by atoms with Gasteiger partial charge in [0.05, 0.1) is 0 Å². The van der Waals surface area contributed by atoms with Crippen LogP contribution in [0.3, 0.4) is 0 Å². The van der Waals surface area contributed by atoms with Crippen molar-refractivity contribution in [1.82, 2.24) is 0 Å². The molecule has 2 aliphatic rings. The number of carbonyl (C=O) groups is 1. The largest absolute Gasteiger partial charge is 0.400 e. The molecule has 0 fully saturated rings. The molecule has 0 amide bonds. The van der Waals surface area contributed by atoms with Crippen LogP contribution in [0, 0.1) is 0 Å². The average Bonchev–Trinajstić information content (AvgIpc) is 3.32. The first-order valence-corrected chi connectivity index (χ1v) is 9.10. The van der Waals surface area contributed by atoms with Crippen LogP contribution >= 0.6 is 0 Å². The van der Waals surface area contributed by atoms with Gasteiger partial charge in [0, 0.05) is 20.0 Å². The Morgan fingerprint density at radius 1 is 0.720 bits per heavy atom. The molecule has 1 N–H and O–H groups in total. The molecule has 2 heteroatoms. The molecule has 0 saturated heterocycles. The van der Waals surface area contributed by atoms with Crippen molar-refractivity contribution in [2.24, 2.45) is 0 Å². The van der Waals surface area contributed by atoms with Crippen molar-refractivity contribution in [3.05, 3.63) is 76.9 Å². The van der Waals surface area contributed by atoms with Gasteiger partial charge in [0.25, 0.3) is 0 Å². The van der Waals surface area contributed by atoms with Gasteiger partial charge in [0.15, 0.2) is 0 Å². The first-order chi connectivity index (χ1) is 12.3. The molecule has 2 aromatic carbocycles. The van der Waals surface area contributed by atoms with Crippen LogP contribution in [0.4, 0.5) is 0 Å². The van der Waals surface area contributed by atoms with E-state index in [4.69, 9.17) is 5.11 Å². The predicted octanol–water partition coefficient (Wildman–Crippen LogP) is 5.27. The molecule has 0 bridgehead atoms. The number of hydrogen-bond acceptors (Lipinski definition) is 2. The Balaban J connectivity index is 0.000000357. The summed E-state index contributed by atoms with van der Waals surface area (Å²) >= 11 is 0. The molecular formula is C23H32O2. The van der Waals surface area contributed by atoms with Gasteiger partial charge in [-0.3, -0.25) is 4.79 Å². The van der Waals surface area contributed by atoms with E-state index in [9.17, 15) is 4.79 Å². The molecule has 4 rings (SSSR count). The van der Waals surface area contributed by atoms with Crippen molar-refractivity contribution < 1.29 is 9.90 Å². The lowest BCUT2D eigenvalue weighted by Gasteiger charge is -1.93. The highest BCUT2D eigenvalue weighted by Gasteiger charge is 2.16. The third-order valence-corrected chi connectivity index (χ3v) is 3.58. The van der Waals surface area contributed by atoms with Crippen LogP contribution in [0.15, 0.2) is 54.6 Å². The molecule has 0 radical (unpaired) electrons. The molecule has 2 aliphatic carbocycles. The van der Waals surface area contributed by atoms with Crippen molar-refractivity contribution in [2.45, 2.75) is 47.0 Å². The maximum absolute atomic E-state index is 10.9. The normalized spacial score (nSPS) is 11.8. The van der Waals surface area contributed by atoms with Gasteiger partial charge < -0.3 is 5.11 Å². The molecule has 0 heterocycles. The number of carbonyl (C=O) groups excluding carboxylic acids is 1. The molecule has 25 heavy (non-hydrogen) atoms. The fourth-order valence-corrected chi connectivity index (χ4v) is 2.59. The smallest absolute Gasteiger partial charge is 0.141 e. The summed E-state index contributed by atoms with van der Waals surface area (Å²) < 4.78 is 0. The number of rotatable bonds is 0. The Kier molecular flexibility index (Phi) is 12.9. The molecule has 2 aromatic rings. The fourth-order valence-electron chi connectivity index (χ4n) is 2.59. The minimum Gasteiger partial charge on any atom is -0.400 e. The van der Waals surface area contributed by atoms with Crippen LogP contribution in [0.1, 0.15) is 49.9 Å². The van der Waals surface area contributed by atoms with Crippen molar-refractivity contribution in [2.75, 3.05) is 7.11 Å². The van der Waals surface area contributed by atoms with Crippen LogP contribution in [-0.4, -0.2) is 18.0 Å². The molecule has 0 saturated carbocycles. The fraction of sp³-hybridized carbons (Fsp3) is 0.348. The molecule has 0 unspecified atom stereocenters. The minimum absolute atomic E-state index is 0.348. The number of allylic oxidation sites excluding steroid dienone is 1. The number of aliphatic hydroxyl groups is 1. The Morgan fingerprint density at radius 2 is 1.16 bits per heavy atom. The zero-order chi connectivity index (χ0) is 19.1. The number of hydrogen-bond donors (Lipinski definition) is 1. The SMILES string of the molecule is C1=Cc2ccccc2C1.CC.CC.CO.O=C1Cc2ccccc2C1. The molecular weight excluding hydrogens is 308 g/mol. The van der Waals surface area contributed by atoms with Crippen LogP contribution in [-0.2, 0) is 24.1 Å².